The second-order valence-corrected chi connectivity index (χ2v) is 4.52. The van der Waals surface area contributed by atoms with E-state index in [0.717, 1.165) is 12.0 Å². The van der Waals surface area contributed by atoms with Gasteiger partial charge in [0.15, 0.2) is 0 Å². The van der Waals surface area contributed by atoms with E-state index in [1.807, 2.05) is 33.8 Å². The molecular formula is C14H22O2. The van der Waals surface area contributed by atoms with Crippen LogP contribution in [0.4, 0.5) is 0 Å². The molecule has 2 atom stereocenters. The fourth-order valence-electron chi connectivity index (χ4n) is 1.58. The first-order valence-corrected chi connectivity index (χ1v) is 5.52. The summed E-state index contributed by atoms with van der Waals surface area (Å²) in [5.41, 5.74) is 2.35. The third kappa shape index (κ3) is 5.54. The van der Waals surface area contributed by atoms with Crippen LogP contribution in [0.1, 0.15) is 34.1 Å². The predicted octanol–water partition coefficient (Wildman–Crippen LogP) is 3.81. The van der Waals surface area contributed by atoms with Crippen molar-refractivity contribution in [3.8, 4) is 0 Å². The number of rotatable bonds is 6. The van der Waals surface area contributed by atoms with Gasteiger partial charge in [-0.05, 0) is 40.0 Å². The minimum atomic E-state index is -0.806. The number of allylic oxidation sites excluding steroid dienone is 4. The lowest BCUT2D eigenvalue weighted by molar-refractivity contribution is -0.141. The molecule has 0 saturated carbocycles. The number of carboxylic acid groups (broad SMARTS) is 1. The van der Waals surface area contributed by atoms with E-state index in [1.54, 1.807) is 0 Å². The lowest BCUT2D eigenvalue weighted by Gasteiger charge is -2.17. The van der Waals surface area contributed by atoms with Crippen molar-refractivity contribution in [2.24, 2.45) is 11.8 Å². The second-order valence-electron chi connectivity index (χ2n) is 4.52. The van der Waals surface area contributed by atoms with Crippen molar-refractivity contribution in [1.82, 2.24) is 0 Å². The summed E-state index contributed by atoms with van der Waals surface area (Å²) in [4.78, 5) is 11.1. The third-order valence-corrected chi connectivity index (χ3v) is 2.35. The third-order valence-electron chi connectivity index (χ3n) is 2.35. The summed E-state index contributed by atoms with van der Waals surface area (Å²) in [5, 5.41) is 9.10. The lowest BCUT2D eigenvalue weighted by Crippen LogP contribution is -2.20. The zero-order chi connectivity index (χ0) is 12.7. The van der Waals surface area contributed by atoms with Crippen LogP contribution in [-0.2, 0) is 4.79 Å². The standard InChI is InChI=1S/C14H22O2/c1-6-13(14(15)16)12(9-11(4)5)8-7-10(2)3/h6-7,9,12-13H,1,8H2,2-5H3,(H,15,16). The van der Waals surface area contributed by atoms with Gasteiger partial charge in [-0.3, -0.25) is 4.79 Å². The number of hydrogen-bond donors (Lipinski definition) is 1. The van der Waals surface area contributed by atoms with Crippen molar-refractivity contribution >= 4 is 5.97 Å². The molecule has 0 radical (unpaired) electrons. The van der Waals surface area contributed by atoms with Crippen molar-refractivity contribution in [1.29, 1.82) is 0 Å². The molecule has 0 aromatic carbocycles. The number of carbonyl (C=O) groups is 1. The van der Waals surface area contributed by atoms with E-state index in [0.29, 0.717) is 0 Å². The van der Waals surface area contributed by atoms with Gasteiger partial charge < -0.3 is 5.11 Å². The van der Waals surface area contributed by atoms with Gasteiger partial charge in [-0.2, -0.15) is 0 Å². The van der Waals surface area contributed by atoms with Crippen LogP contribution < -0.4 is 0 Å². The van der Waals surface area contributed by atoms with Crippen molar-refractivity contribution in [3.63, 3.8) is 0 Å². The first-order valence-electron chi connectivity index (χ1n) is 5.52. The van der Waals surface area contributed by atoms with Crippen LogP contribution in [0.25, 0.3) is 0 Å². The van der Waals surface area contributed by atoms with Crippen LogP contribution >= 0.6 is 0 Å². The van der Waals surface area contributed by atoms with E-state index in [9.17, 15) is 4.79 Å². The SMILES string of the molecule is C=CC(C(=O)O)C(C=C(C)C)CC=C(C)C. The molecule has 2 unspecified atom stereocenters. The highest BCUT2D eigenvalue weighted by atomic mass is 16.4. The first kappa shape index (κ1) is 14.7. The summed E-state index contributed by atoms with van der Waals surface area (Å²) >= 11 is 0. The van der Waals surface area contributed by atoms with Crippen molar-refractivity contribution < 1.29 is 9.90 Å². The van der Waals surface area contributed by atoms with Crippen LogP contribution in [0.5, 0.6) is 0 Å². The Morgan fingerprint density at radius 3 is 2.12 bits per heavy atom. The molecule has 1 N–H and O–H groups in total. The minimum Gasteiger partial charge on any atom is -0.481 e. The van der Waals surface area contributed by atoms with Crippen molar-refractivity contribution in [2.75, 3.05) is 0 Å². The molecule has 0 aromatic heterocycles. The van der Waals surface area contributed by atoms with E-state index in [4.69, 9.17) is 5.11 Å². The van der Waals surface area contributed by atoms with Gasteiger partial charge in [0, 0.05) is 0 Å². The highest BCUT2D eigenvalue weighted by Gasteiger charge is 2.22. The summed E-state index contributed by atoms with van der Waals surface area (Å²) in [5.74, 6) is -1.32. The average molecular weight is 222 g/mol. The molecular weight excluding hydrogens is 200 g/mol. The Morgan fingerprint density at radius 1 is 1.25 bits per heavy atom. The Hall–Kier alpha value is -1.31. The molecule has 0 fully saturated rings. The highest BCUT2D eigenvalue weighted by Crippen LogP contribution is 2.22. The second kappa shape index (κ2) is 7.04. The van der Waals surface area contributed by atoms with Crippen LogP contribution in [0.2, 0.25) is 0 Å². The maximum Gasteiger partial charge on any atom is 0.310 e. The Kier molecular flexibility index (Phi) is 6.47. The average Bonchev–Trinajstić information content (AvgIpc) is 2.13. The zero-order valence-electron chi connectivity index (χ0n) is 10.7. The molecule has 2 heteroatoms. The van der Waals surface area contributed by atoms with Gasteiger partial charge in [-0.15, -0.1) is 6.58 Å². The van der Waals surface area contributed by atoms with E-state index < -0.39 is 11.9 Å². The van der Waals surface area contributed by atoms with E-state index in [2.05, 4.69) is 12.7 Å². The van der Waals surface area contributed by atoms with E-state index >= 15 is 0 Å². The molecule has 0 rings (SSSR count). The topological polar surface area (TPSA) is 37.3 Å². The lowest BCUT2D eigenvalue weighted by atomic mass is 9.87. The molecule has 0 aliphatic heterocycles. The Bertz CT molecular complexity index is 303. The molecule has 0 bridgehead atoms. The summed E-state index contributed by atoms with van der Waals surface area (Å²) in [6.45, 7) is 11.6. The van der Waals surface area contributed by atoms with E-state index in [1.165, 1.54) is 11.6 Å². The molecule has 0 spiro atoms. The van der Waals surface area contributed by atoms with Gasteiger partial charge in [-0.1, -0.05) is 29.4 Å². The van der Waals surface area contributed by atoms with Crippen molar-refractivity contribution in [3.05, 3.63) is 36.0 Å². The van der Waals surface area contributed by atoms with E-state index in [-0.39, 0.29) is 5.92 Å². The number of aliphatic carboxylic acids is 1. The maximum absolute atomic E-state index is 11.1. The molecule has 0 heterocycles. The maximum atomic E-state index is 11.1. The zero-order valence-corrected chi connectivity index (χ0v) is 10.7. The fourth-order valence-corrected chi connectivity index (χ4v) is 1.58. The summed E-state index contributed by atoms with van der Waals surface area (Å²) in [6, 6.07) is 0. The molecule has 0 aliphatic rings. The summed E-state index contributed by atoms with van der Waals surface area (Å²) in [7, 11) is 0. The smallest absolute Gasteiger partial charge is 0.310 e. The van der Waals surface area contributed by atoms with Crippen LogP contribution in [0, 0.1) is 11.8 Å². The minimum absolute atomic E-state index is 0.00472. The van der Waals surface area contributed by atoms with Gasteiger partial charge in [-0.25, -0.2) is 0 Å². The molecule has 0 aliphatic carbocycles. The van der Waals surface area contributed by atoms with Crippen LogP contribution in [0.3, 0.4) is 0 Å². The van der Waals surface area contributed by atoms with Gasteiger partial charge in [0.2, 0.25) is 0 Å². The summed E-state index contributed by atoms with van der Waals surface area (Å²) < 4.78 is 0. The van der Waals surface area contributed by atoms with Crippen molar-refractivity contribution in [2.45, 2.75) is 34.1 Å². The Balaban J connectivity index is 4.91. The Morgan fingerprint density at radius 2 is 1.81 bits per heavy atom. The van der Waals surface area contributed by atoms with Gasteiger partial charge in [0.05, 0.1) is 5.92 Å². The van der Waals surface area contributed by atoms with Gasteiger partial charge in [0.25, 0.3) is 0 Å². The van der Waals surface area contributed by atoms with Gasteiger partial charge >= 0.3 is 5.97 Å². The van der Waals surface area contributed by atoms with Crippen LogP contribution in [0.15, 0.2) is 36.0 Å². The first-order chi connectivity index (χ1) is 7.38. The normalized spacial score (nSPS) is 13.5. The predicted molar refractivity (Wildman–Crippen MR) is 68.3 cm³/mol. The number of hydrogen-bond acceptors (Lipinski definition) is 1. The monoisotopic (exact) mass is 222 g/mol. The molecule has 16 heavy (non-hydrogen) atoms. The number of carboxylic acids is 1. The molecule has 90 valence electrons. The fraction of sp³-hybridized carbons (Fsp3) is 0.500. The Labute approximate surface area is 98.4 Å². The quantitative estimate of drug-likeness (QED) is 0.694. The molecule has 0 amide bonds. The highest BCUT2D eigenvalue weighted by molar-refractivity contribution is 5.72. The molecule has 0 aromatic rings. The summed E-state index contributed by atoms with van der Waals surface area (Å²) in [6.07, 6.45) is 6.35. The van der Waals surface area contributed by atoms with Crippen LogP contribution in [-0.4, -0.2) is 11.1 Å². The molecule has 0 saturated heterocycles. The largest absolute Gasteiger partial charge is 0.481 e. The van der Waals surface area contributed by atoms with Gasteiger partial charge in [0.1, 0.15) is 0 Å². The molecule has 2 nitrogen and oxygen atoms in total.